The summed E-state index contributed by atoms with van der Waals surface area (Å²) >= 11 is 1.62. The first kappa shape index (κ1) is 11.2. The van der Waals surface area contributed by atoms with Gasteiger partial charge in [0.2, 0.25) is 0 Å². The Bertz CT molecular complexity index is 441. The van der Waals surface area contributed by atoms with Crippen molar-refractivity contribution in [2.75, 3.05) is 11.4 Å². The largest absolute Gasteiger partial charge is 0.345 e. The summed E-state index contributed by atoms with van der Waals surface area (Å²) in [4.78, 5) is 19.8. The van der Waals surface area contributed by atoms with E-state index in [1.54, 1.807) is 11.3 Å². The number of fused-ring (bicyclic) bond motifs is 1. The van der Waals surface area contributed by atoms with Gasteiger partial charge in [-0.05, 0) is 39.0 Å². The van der Waals surface area contributed by atoms with E-state index in [1.165, 1.54) is 19.3 Å². The molecule has 0 bridgehead atoms. The van der Waals surface area contributed by atoms with Gasteiger partial charge in [0.05, 0.1) is 10.6 Å². The number of Topliss-reactive ketones (excluding diaryl/α,β-unsaturated/α-hetero) is 1. The van der Waals surface area contributed by atoms with Crippen LogP contribution in [0.3, 0.4) is 0 Å². The number of nitrogens with zero attached hydrogens (tertiary/aromatic N) is 2. The summed E-state index contributed by atoms with van der Waals surface area (Å²) in [6.07, 6.45) is 6.50. The van der Waals surface area contributed by atoms with E-state index in [4.69, 9.17) is 4.98 Å². The van der Waals surface area contributed by atoms with E-state index >= 15 is 0 Å². The third-order valence-corrected chi connectivity index (χ3v) is 4.98. The molecule has 1 aliphatic heterocycles. The molecule has 2 heterocycles. The van der Waals surface area contributed by atoms with E-state index in [2.05, 4.69) is 11.8 Å². The number of aryl methyl sites for hydroxylation is 1. The number of hydrogen-bond acceptors (Lipinski definition) is 4. The summed E-state index contributed by atoms with van der Waals surface area (Å²) in [7, 11) is 0. The van der Waals surface area contributed by atoms with Crippen LogP contribution in [0.5, 0.6) is 0 Å². The van der Waals surface area contributed by atoms with E-state index in [0.717, 1.165) is 35.1 Å². The van der Waals surface area contributed by atoms with Crippen molar-refractivity contribution in [1.29, 1.82) is 0 Å². The van der Waals surface area contributed by atoms with Crippen LogP contribution in [0.25, 0.3) is 0 Å². The third kappa shape index (κ3) is 1.99. The van der Waals surface area contributed by atoms with Crippen LogP contribution < -0.4 is 4.90 Å². The van der Waals surface area contributed by atoms with Crippen molar-refractivity contribution in [2.45, 2.75) is 51.5 Å². The van der Waals surface area contributed by atoms with Gasteiger partial charge in [0.15, 0.2) is 10.9 Å². The molecule has 1 aliphatic carbocycles. The highest BCUT2D eigenvalue weighted by molar-refractivity contribution is 7.17. The molecule has 0 amide bonds. The highest BCUT2D eigenvalue weighted by Crippen LogP contribution is 2.34. The summed E-state index contributed by atoms with van der Waals surface area (Å²) in [6.45, 7) is 3.36. The summed E-state index contributed by atoms with van der Waals surface area (Å²) in [5.41, 5.74) is 1.05. The molecule has 3 nitrogen and oxygen atoms in total. The molecule has 0 radical (unpaired) electrons. The van der Waals surface area contributed by atoms with Crippen molar-refractivity contribution in [2.24, 2.45) is 0 Å². The maximum absolute atomic E-state index is 11.8. The summed E-state index contributed by atoms with van der Waals surface area (Å²) in [5, 5.41) is 1.08. The first-order chi connectivity index (χ1) is 8.25. The van der Waals surface area contributed by atoms with Gasteiger partial charge in [0.25, 0.3) is 0 Å². The van der Waals surface area contributed by atoms with Gasteiger partial charge in [-0.2, -0.15) is 0 Å². The lowest BCUT2D eigenvalue weighted by molar-refractivity contribution is 0.0976. The lowest BCUT2D eigenvalue weighted by atomic mass is 10.0. The Labute approximate surface area is 106 Å². The maximum Gasteiger partial charge on any atom is 0.186 e. The Morgan fingerprint density at radius 3 is 2.94 bits per heavy atom. The molecule has 17 heavy (non-hydrogen) atoms. The molecule has 1 atom stereocenters. The molecule has 92 valence electrons. The van der Waals surface area contributed by atoms with Crippen molar-refractivity contribution >= 4 is 22.3 Å². The predicted octanol–water partition coefficient (Wildman–Crippen LogP) is 3.04. The molecule has 1 saturated heterocycles. The summed E-state index contributed by atoms with van der Waals surface area (Å²) in [5.74, 6) is 0.305. The van der Waals surface area contributed by atoms with Crippen LogP contribution in [0, 0.1) is 0 Å². The highest BCUT2D eigenvalue weighted by atomic mass is 32.1. The fourth-order valence-corrected chi connectivity index (χ4v) is 3.97. The second-order valence-electron chi connectivity index (χ2n) is 5.09. The van der Waals surface area contributed by atoms with Gasteiger partial charge in [0, 0.05) is 19.0 Å². The van der Waals surface area contributed by atoms with E-state index in [0.29, 0.717) is 18.2 Å². The second kappa shape index (κ2) is 4.41. The molecule has 1 fully saturated rings. The fourth-order valence-electron chi connectivity index (χ4n) is 2.76. The monoisotopic (exact) mass is 250 g/mol. The molecule has 3 rings (SSSR count). The minimum Gasteiger partial charge on any atom is -0.345 e. The number of aromatic nitrogens is 1. The lowest BCUT2D eigenvalue weighted by Crippen LogP contribution is -2.37. The Hall–Kier alpha value is -0.900. The van der Waals surface area contributed by atoms with E-state index in [-0.39, 0.29) is 0 Å². The van der Waals surface area contributed by atoms with Gasteiger partial charge in [-0.15, -0.1) is 0 Å². The average Bonchev–Trinajstić information content (AvgIpc) is 2.75. The minimum absolute atomic E-state index is 0.305. The molecular weight excluding hydrogens is 232 g/mol. The molecule has 0 aromatic carbocycles. The van der Waals surface area contributed by atoms with Crippen molar-refractivity contribution in [1.82, 2.24) is 4.98 Å². The molecule has 1 aromatic heterocycles. The van der Waals surface area contributed by atoms with Gasteiger partial charge in [-0.1, -0.05) is 11.3 Å². The first-order valence-electron chi connectivity index (χ1n) is 6.55. The van der Waals surface area contributed by atoms with Gasteiger partial charge < -0.3 is 4.90 Å². The summed E-state index contributed by atoms with van der Waals surface area (Å²) in [6, 6.07) is 0.575. The molecule has 0 N–H and O–H groups in total. The fraction of sp³-hybridized carbons (Fsp3) is 0.692. The van der Waals surface area contributed by atoms with Gasteiger partial charge in [0.1, 0.15) is 0 Å². The van der Waals surface area contributed by atoms with E-state index < -0.39 is 0 Å². The van der Waals surface area contributed by atoms with Crippen molar-refractivity contribution in [3.63, 3.8) is 0 Å². The number of thiazole rings is 1. The SMILES string of the molecule is CC1CCCCN1c1nc2c(s1)C(=O)CCC2. The number of anilines is 1. The minimum atomic E-state index is 0.305. The van der Waals surface area contributed by atoms with E-state index in [9.17, 15) is 4.79 Å². The Morgan fingerprint density at radius 1 is 1.29 bits per heavy atom. The topological polar surface area (TPSA) is 33.2 Å². The molecular formula is C13H18N2OS. The van der Waals surface area contributed by atoms with Crippen LogP contribution in [0.4, 0.5) is 5.13 Å². The van der Waals surface area contributed by atoms with Crippen LogP contribution in [0.15, 0.2) is 0 Å². The normalized spacial score (nSPS) is 24.9. The Morgan fingerprint density at radius 2 is 2.18 bits per heavy atom. The zero-order valence-corrected chi connectivity index (χ0v) is 11.1. The Kier molecular flexibility index (Phi) is 2.90. The molecule has 2 aliphatic rings. The van der Waals surface area contributed by atoms with Crippen molar-refractivity contribution < 1.29 is 4.79 Å². The molecule has 0 spiro atoms. The van der Waals surface area contributed by atoms with Crippen LogP contribution in [0.2, 0.25) is 0 Å². The number of piperidine rings is 1. The number of rotatable bonds is 1. The van der Waals surface area contributed by atoms with Gasteiger partial charge in [-0.25, -0.2) is 4.98 Å². The standard InChI is InChI=1S/C13H18N2OS/c1-9-5-2-3-8-15(9)13-14-10-6-4-7-11(16)12(10)17-13/h9H,2-8H2,1H3. The first-order valence-corrected chi connectivity index (χ1v) is 7.37. The van der Waals surface area contributed by atoms with E-state index in [1.807, 2.05) is 0 Å². The average molecular weight is 250 g/mol. The van der Waals surface area contributed by atoms with Crippen LogP contribution in [-0.4, -0.2) is 23.4 Å². The zero-order valence-electron chi connectivity index (χ0n) is 10.2. The zero-order chi connectivity index (χ0) is 11.8. The smallest absolute Gasteiger partial charge is 0.186 e. The Balaban J connectivity index is 1.90. The number of carbonyl (C=O) groups is 1. The van der Waals surface area contributed by atoms with Crippen LogP contribution in [-0.2, 0) is 6.42 Å². The molecule has 4 heteroatoms. The van der Waals surface area contributed by atoms with Crippen molar-refractivity contribution in [3.05, 3.63) is 10.6 Å². The quantitative estimate of drug-likeness (QED) is 0.768. The predicted molar refractivity (Wildman–Crippen MR) is 70.0 cm³/mol. The van der Waals surface area contributed by atoms with Gasteiger partial charge >= 0.3 is 0 Å². The maximum atomic E-state index is 11.8. The number of hydrogen-bond donors (Lipinski definition) is 0. The third-order valence-electron chi connectivity index (χ3n) is 3.81. The number of ketones is 1. The molecule has 1 aromatic rings. The van der Waals surface area contributed by atoms with Crippen molar-refractivity contribution in [3.8, 4) is 0 Å². The van der Waals surface area contributed by atoms with Crippen LogP contribution >= 0.6 is 11.3 Å². The van der Waals surface area contributed by atoms with Crippen LogP contribution in [0.1, 0.15) is 54.4 Å². The number of carbonyl (C=O) groups excluding carboxylic acids is 1. The summed E-state index contributed by atoms with van der Waals surface area (Å²) < 4.78 is 0. The highest BCUT2D eigenvalue weighted by Gasteiger charge is 2.27. The second-order valence-corrected chi connectivity index (χ2v) is 6.06. The lowest BCUT2D eigenvalue weighted by Gasteiger charge is -2.33. The molecule has 1 unspecified atom stereocenters. The van der Waals surface area contributed by atoms with Gasteiger partial charge in [-0.3, -0.25) is 4.79 Å². The molecule has 0 saturated carbocycles.